The molecule has 0 spiro atoms. The zero-order valence-electron chi connectivity index (χ0n) is 9.70. The number of hydrogen-bond acceptors (Lipinski definition) is 5. The lowest BCUT2D eigenvalue weighted by Gasteiger charge is -2.15. The third-order valence-electron chi connectivity index (χ3n) is 2.30. The van der Waals surface area contributed by atoms with Crippen LogP contribution in [0.4, 0.5) is 0 Å². The Morgan fingerprint density at radius 2 is 2.35 bits per heavy atom. The van der Waals surface area contributed by atoms with Crippen molar-refractivity contribution in [2.75, 3.05) is 7.05 Å². The van der Waals surface area contributed by atoms with Crippen molar-refractivity contribution >= 4 is 5.91 Å². The highest BCUT2D eigenvalue weighted by Crippen LogP contribution is 2.08. The zero-order valence-corrected chi connectivity index (χ0v) is 9.70. The fraction of sp³-hybridized carbons (Fsp3) is 0.400. The van der Waals surface area contributed by atoms with Crippen molar-refractivity contribution < 1.29 is 9.21 Å². The van der Waals surface area contributed by atoms with Gasteiger partial charge in [0.15, 0.2) is 0 Å². The molecule has 0 aliphatic heterocycles. The lowest BCUT2D eigenvalue weighted by molar-refractivity contribution is -0.131. The van der Waals surface area contributed by atoms with Gasteiger partial charge in [0, 0.05) is 7.05 Å². The lowest BCUT2D eigenvalue weighted by atomic mass is 10.4. The number of aromatic nitrogens is 4. The zero-order chi connectivity index (χ0) is 12.3. The van der Waals surface area contributed by atoms with Gasteiger partial charge in [-0.25, -0.2) is 4.68 Å². The molecule has 0 aliphatic rings. The van der Waals surface area contributed by atoms with Crippen molar-refractivity contribution in [2.24, 2.45) is 0 Å². The molecule has 2 heterocycles. The van der Waals surface area contributed by atoms with Gasteiger partial charge in [0.1, 0.15) is 24.4 Å². The maximum atomic E-state index is 11.8. The molecule has 0 fully saturated rings. The molecule has 0 N–H and O–H groups in total. The summed E-state index contributed by atoms with van der Waals surface area (Å²) in [6.45, 7) is 2.43. The van der Waals surface area contributed by atoms with Gasteiger partial charge in [0.05, 0.1) is 6.54 Å². The predicted molar refractivity (Wildman–Crippen MR) is 57.7 cm³/mol. The van der Waals surface area contributed by atoms with E-state index in [2.05, 4.69) is 15.5 Å². The summed E-state index contributed by atoms with van der Waals surface area (Å²) in [5.74, 6) is 1.52. The Hall–Kier alpha value is -2.18. The van der Waals surface area contributed by atoms with E-state index in [0.717, 1.165) is 11.5 Å². The predicted octanol–water partition coefficient (Wildman–Crippen LogP) is 0.233. The molecule has 0 unspecified atom stereocenters. The van der Waals surface area contributed by atoms with Gasteiger partial charge in [0.2, 0.25) is 5.91 Å². The maximum absolute atomic E-state index is 11.8. The van der Waals surface area contributed by atoms with Crippen molar-refractivity contribution in [1.29, 1.82) is 0 Å². The van der Waals surface area contributed by atoms with E-state index in [1.165, 1.54) is 11.0 Å². The first-order valence-electron chi connectivity index (χ1n) is 5.15. The van der Waals surface area contributed by atoms with Crippen LogP contribution in [0.15, 0.2) is 22.9 Å². The van der Waals surface area contributed by atoms with E-state index in [4.69, 9.17) is 4.42 Å². The second-order valence-electron chi connectivity index (χ2n) is 3.77. The minimum absolute atomic E-state index is 0.0775. The third kappa shape index (κ3) is 2.90. The molecular weight excluding hydrogens is 222 g/mol. The number of tetrazole rings is 1. The number of carbonyl (C=O) groups is 1. The number of furan rings is 1. The molecule has 2 aromatic heterocycles. The average molecular weight is 235 g/mol. The van der Waals surface area contributed by atoms with E-state index in [0.29, 0.717) is 6.54 Å². The van der Waals surface area contributed by atoms with Gasteiger partial charge in [-0.15, -0.1) is 5.10 Å². The summed E-state index contributed by atoms with van der Waals surface area (Å²) >= 11 is 0. The number of hydrogen-bond donors (Lipinski definition) is 0. The summed E-state index contributed by atoms with van der Waals surface area (Å²) in [4.78, 5) is 13.4. The standard InChI is InChI=1S/C10H13N5O2/c1-8-3-4-9(17-8)5-14(2)10(16)6-15-7-11-12-13-15/h3-4,7H,5-6H2,1-2H3. The minimum atomic E-state index is -0.0775. The fourth-order valence-electron chi connectivity index (χ4n) is 1.40. The van der Waals surface area contributed by atoms with Gasteiger partial charge in [-0.1, -0.05) is 0 Å². The van der Waals surface area contributed by atoms with Crippen LogP contribution in [0.2, 0.25) is 0 Å². The van der Waals surface area contributed by atoms with E-state index in [1.807, 2.05) is 19.1 Å². The summed E-state index contributed by atoms with van der Waals surface area (Å²) in [7, 11) is 1.71. The Morgan fingerprint density at radius 1 is 1.53 bits per heavy atom. The van der Waals surface area contributed by atoms with Crippen LogP contribution in [0.5, 0.6) is 0 Å². The smallest absolute Gasteiger partial charge is 0.244 e. The van der Waals surface area contributed by atoms with E-state index >= 15 is 0 Å². The molecule has 1 amide bonds. The van der Waals surface area contributed by atoms with E-state index < -0.39 is 0 Å². The van der Waals surface area contributed by atoms with Gasteiger partial charge >= 0.3 is 0 Å². The molecule has 7 heteroatoms. The molecule has 0 saturated heterocycles. The second kappa shape index (κ2) is 4.77. The van der Waals surface area contributed by atoms with Crippen LogP contribution in [0, 0.1) is 6.92 Å². The lowest BCUT2D eigenvalue weighted by Crippen LogP contribution is -2.29. The molecular formula is C10H13N5O2. The molecule has 2 rings (SSSR count). The Kier molecular flexibility index (Phi) is 3.17. The molecule has 0 saturated carbocycles. The fourth-order valence-corrected chi connectivity index (χ4v) is 1.40. The van der Waals surface area contributed by atoms with Crippen molar-refractivity contribution in [3.05, 3.63) is 30.0 Å². The van der Waals surface area contributed by atoms with E-state index in [-0.39, 0.29) is 12.5 Å². The number of rotatable bonds is 4. The molecule has 0 atom stereocenters. The molecule has 90 valence electrons. The van der Waals surface area contributed by atoms with Crippen LogP contribution >= 0.6 is 0 Å². The highest BCUT2D eigenvalue weighted by Gasteiger charge is 2.12. The molecule has 2 aromatic rings. The van der Waals surface area contributed by atoms with E-state index in [1.54, 1.807) is 11.9 Å². The number of nitrogens with zero attached hydrogens (tertiary/aromatic N) is 5. The normalized spacial score (nSPS) is 10.5. The van der Waals surface area contributed by atoms with Crippen LogP contribution in [-0.4, -0.2) is 38.1 Å². The van der Waals surface area contributed by atoms with Crippen LogP contribution in [0.3, 0.4) is 0 Å². The number of aryl methyl sites for hydroxylation is 1. The number of amides is 1. The first-order valence-corrected chi connectivity index (χ1v) is 5.15. The Bertz CT molecular complexity index is 491. The highest BCUT2D eigenvalue weighted by atomic mass is 16.3. The summed E-state index contributed by atoms with van der Waals surface area (Å²) in [5.41, 5.74) is 0. The molecule has 7 nitrogen and oxygen atoms in total. The molecule has 17 heavy (non-hydrogen) atoms. The first-order chi connectivity index (χ1) is 8.15. The van der Waals surface area contributed by atoms with Crippen LogP contribution in [-0.2, 0) is 17.9 Å². The van der Waals surface area contributed by atoms with Gasteiger partial charge in [-0.2, -0.15) is 0 Å². The summed E-state index contributed by atoms with van der Waals surface area (Å²) < 4.78 is 6.78. The van der Waals surface area contributed by atoms with Crippen LogP contribution in [0.25, 0.3) is 0 Å². The number of likely N-dealkylation sites (N-methyl/N-ethyl adjacent to an activating group) is 1. The van der Waals surface area contributed by atoms with Gasteiger partial charge < -0.3 is 9.32 Å². The Labute approximate surface area is 98.0 Å². The van der Waals surface area contributed by atoms with Crippen molar-refractivity contribution in [1.82, 2.24) is 25.1 Å². The topological polar surface area (TPSA) is 77.1 Å². The van der Waals surface area contributed by atoms with Crippen LogP contribution < -0.4 is 0 Å². The monoisotopic (exact) mass is 235 g/mol. The maximum Gasteiger partial charge on any atom is 0.244 e. The second-order valence-corrected chi connectivity index (χ2v) is 3.77. The summed E-state index contributed by atoms with van der Waals surface area (Å²) in [6.07, 6.45) is 1.41. The average Bonchev–Trinajstić information content (AvgIpc) is 2.90. The Morgan fingerprint density at radius 3 is 2.94 bits per heavy atom. The molecule has 0 aromatic carbocycles. The van der Waals surface area contributed by atoms with Gasteiger partial charge in [-0.3, -0.25) is 4.79 Å². The van der Waals surface area contributed by atoms with E-state index in [9.17, 15) is 4.79 Å². The summed E-state index contributed by atoms with van der Waals surface area (Å²) in [5, 5.41) is 10.6. The minimum Gasteiger partial charge on any atom is -0.464 e. The first kappa shape index (κ1) is 11.3. The van der Waals surface area contributed by atoms with Crippen LogP contribution in [0.1, 0.15) is 11.5 Å². The number of carbonyl (C=O) groups excluding carboxylic acids is 1. The third-order valence-corrected chi connectivity index (χ3v) is 2.30. The highest BCUT2D eigenvalue weighted by molar-refractivity contribution is 5.75. The molecule has 0 aliphatic carbocycles. The van der Waals surface area contributed by atoms with Crippen molar-refractivity contribution in [2.45, 2.75) is 20.0 Å². The van der Waals surface area contributed by atoms with Crippen molar-refractivity contribution in [3.63, 3.8) is 0 Å². The largest absolute Gasteiger partial charge is 0.464 e. The van der Waals surface area contributed by atoms with Crippen molar-refractivity contribution in [3.8, 4) is 0 Å². The molecule has 0 bridgehead atoms. The van der Waals surface area contributed by atoms with Gasteiger partial charge in [0.25, 0.3) is 0 Å². The van der Waals surface area contributed by atoms with Gasteiger partial charge in [-0.05, 0) is 29.5 Å². The SMILES string of the molecule is Cc1ccc(CN(C)C(=O)Cn2cnnn2)o1. The quantitative estimate of drug-likeness (QED) is 0.758. The molecule has 0 radical (unpaired) electrons. The summed E-state index contributed by atoms with van der Waals surface area (Å²) in [6, 6.07) is 3.73. The Balaban J connectivity index is 1.91.